The molecule has 390 valence electrons. The minimum absolute atomic E-state index is 0.0186. The maximum atomic E-state index is 14.2. The van der Waals surface area contributed by atoms with Crippen LogP contribution in [0.4, 0.5) is 0 Å². The highest BCUT2D eigenvalue weighted by Crippen LogP contribution is 2.45. The van der Waals surface area contributed by atoms with E-state index in [4.69, 9.17) is 25.8 Å². The van der Waals surface area contributed by atoms with Crippen LogP contribution in [0.15, 0.2) is 54.6 Å². The average molecular weight is 1010 g/mol. The molecule has 0 aromatic heterocycles. The molecule has 4 rings (SSSR count). The first-order chi connectivity index (χ1) is 33.2. The molecular formula is C55H77ClN4O11. The quantitative estimate of drug-likeness (QED) is 0.0754. The van der Waals surface area contributed by atoms with E-state index in [9.17, 15) is 38.4 Å². The number of epoxide rings is 1. The van der Waals surface area contributed by atoms with E-state index in [2.05, 4.69) is 21.3 Å². The maximum Gasteiger partial charge on any atom is 0.328 e. The molecule has 0 aliphatic carbocycles. The zero-order chi connectivity index (χ0) is 53.0. The molecule has 2 heterocycles. The number of benzene rings is 2. The summed E-state index contributed by atoms with van der Waals surface area (Å²) in [6.07, 6.45) is 3.64. The van der Waals surface area contributed by atoms with Crippen molar-refractivity contribution in [1.29, 1.82) is 0 Å². The Morgan fingerprint density at radius 1 is 0.901 bits per heavy atom. The Balaban J connectivity index is 1.47. The highest BCUT2D eigenvalue weighted by Gasteiger charge is 2.48. The molecule has 4 amide bonds. The molecule has 2 aromatic rings. The number of methoxy groups -OCH3 is 1. The van der Waals surface area contributed by atoms with Crippen LogP contribution in [-0.4, -0.2) is 90.4 Å². The van der Waals surface area contributed by atoms with Gasteiger partial charge >= 0.3 is 5.97 Å². The molecule has 2 aliphatic heterocycles. The van der Waals surface area contributed by atoms with Crippen LogP contribution in [0.1, 0.15) is 144 Å². The SMILES string of the molecule is COc1ccc(C[C@H]2NC(=O)/C=C/C[C@@H]([C@H](C)[C@H]3O[C@@H]3c3ccc(CCC(=O)[C@H](C)NC(=O)[C@@H](CC(=O)CCCC(C)=O)C(C)C)cc3)OC(=O)[C@H](CC(C)(C)C)NC(=O)C(C)(C)[C@H](C)NC2=O)cc1Cl. The maximum absolute atomic E-state index is 14.2. The van der Waals surface area contributed by atoms with Crippen LogP contribution in [0.2, 0.25) is 5.02 Å². The van der Waals surface area contributed by atoms with Crippen molar-refractivity contribution >= 4 is 58.5 Å². The molecule has 0 bridgehead atoms. The lowest BCUT2D eigenvalue weighted by Crippen LogP contribution is -2.58. The number of amides is 4. The Bertz CT molecular complexity index is 2270. The van der Waals surface area contributed by atoms with Crippen molar-refractivity contribution in [1.82, 2.24) is 21.3 Å². The molecule has 0 saturated carbocycles. The Morgan fingerprint density at radius 2 is 1.56 bits per heavy atom. The Kier molecular flexibility index (Phi) is 21.1. The molecule has 71 heavy (non-hydrogen) atoms. The Morgan fingerprint density at radius 3 is 2.17 bits per heavy atom. The van der Waals surface area contributed by atoms with Crippen LogP contribution < -0.4 is 26.0 Å². The van der Waals surface area contributed by atoms with E-state index < -0.39 is 70.7 Å². The van der Waals surface area contributed by atoms with E-state index in [0.717, 1.165) is 11.1 Å². The summed E-state index contributed by atoms with van der Waals surface area (Å²) in [4.78, 5) is 106. The highest BCUT2D eigenvalue weighted by atomic mass is 35.5. The number of hydrogen-bond acceptors (Lipinski definition) is 11. The number of cyclic esters (lactones) is 1. The van der Waals surface area contributed by atoms with Crippen molar-refractivity contribution in [3.8, 4) is 5.75 Å². The van der Waals surface area contributed by atoms with Gasteiger partial charge in [-0.25, -0.2) is 4.79 Å². The van der Waals surface area contributed by atoms with Crippen LogP contribution in [-0.2, 0) is 60.7 Å². The van der Waals surface area contributed by atoms with E-state index in [1.165, 1.54) is 20.1 Å². The normalized spacial score (nSPS) is 23.7. The van der Waals surface area contributed by atoms with Crippen molar-refractivity contribution in [2.24, 2.45) is 28.6 Å². The van der Waals surface area contributed by atoms with Crippen LogP contribution in [0, 0.1) is 28.6 Å². The fourth-order valence-electron chi connectivity index (χ4n) is 8.53. The number of ether oxygens (including phenoxy) is 3. The lowest BCUT2D eigenvalue weighted by molar-refractivity contribution is -0.157. The van der Waals surface area contributed by atoms with Gasteiger partial charge < -0.3 is 40.3 Å². The number of Topliss-reactive ketones (excluding diaryl/α,β-unsaturated/α-hetero) is 3. The number of ketones is 3. The number of hydrogen-bond donors (Lipinski definition) is 4. The third-order valence-corrected chi connectivity index (χ3v) is 13.9. The van der Waals surface area contributed by atoms with Gasteiger partial charge in [0.15, 0.2) is 5.78 Å². The summed E-state index contributed by atoms with van der Waals surface area (Å²) in [6, 6.07) is 9.28. The number of nitrogens with one attached hydrogen (secondary N) is 4. The van der Waals surface area contributed by atoms with E-state index in [-0.39, 0.29) is 85.8 Å². The van der Waals surface area contributed by atoms with Crippen molar-refractivity contribution < 1.29 is 52.6 Å². The largest absolute Gasteiger partial charge is 0.495 e. The molecule has 0 unspecified atom stereocenters. The lowest BCUT2D eigenvalue weighted by atomic mass is 9.82. The van der Waals surface area contributed by atoms with Gasteiger partial charge in [0, 0.05) is 56.4 Å². The van der Waals surface area contributed by atoms with E-state index in [1.54, 1.807) is 52.0 Å². The monoisotopic (exact) mass is 1000 g/mol. The number of carbonyl (C=O) groups excluding carboxylic acids is 8. The summed E-state index contributed by atoms with van der Waals surface area (Å²) in [5.74, 6) is -3.29. The molecule has 2 aliphatic rings. The van der Waals surface area contributed by atoms with Crippen LogP contribution in [0.3, 0.4) is 0 Å². The summed E-state index contributed by atoms with van der Waals surface area (Å²) in [5.41, 5.74) is 0.872. The topological polar surface area (TPSA) is 216 Å². The molecule has 0 spiro atoms. The predicted octanol–water partition coefficient (Wildman–Crippen LogP) is 7.47. The van der Waals surface area contributed by atoms with Gasteiger partial charge in [0.2, 0.25) is 23.6 Å². The summed E-state index contributed by atoms with van der Waals surface area (Å²) in [7, 11) is 1.50. The molecule has 4 N–H and O–H groups in total. The number of aryl methyl sites for hydroxylation is 1. The zero-order valence-electron chi connectivity index (χ0n) is 43.7. The second-order valence-electron chi connectivity index (χ2n) is 21.6. The van der Waals surface area contributed by atoms with Gasteiger partial charge in [-0.1, -0.05) is 89.6 Å². The molecular weight excluding hydrogens is 928 g/mol. The highest BCUT2D eigenvalue weighted by molar-refractivity contribution is 6.32. The molecule has 1 fully saturated rings. The minimum Gasteiger partial charge on any atom is -0.495 e. The van der Waals surface area contributed by atoms with Gasteiger partial charge in [-0.05, 0) is 100 Å². The summed E-state index contributed by atoms with van der Waals surface area (Å²) < 4.78 is 17.8. The average Bonchev–Trinajstić information content (AvgIpc) is 4.09. The first-order valence-electron chi connectivity index (χ1n) is 24.9. The van der Waals surface area contributed by atoms with Crippen molar-refractivity contribution in [3.05, 3.63) is 76.3 Å². The first kappa shape index (κ1) is 58.2. The fourth-order valence-corrected chi connectivity index (χ4v) is 8.81. The van der Waals surface area contributed by atoms with Crippen LogP contribution >= 0.6 is 11.6 Å². The molecule has 16 heteroatoms. The van der Waals surface area contributed by atoms with E-state index in [1.807, 2.05) is 65.8 Å². The smallest absolute Gasteiger partial charge is 0.328 e. The first-order valence-corrected chi connectivity index (χ1v) is 25.3. The number of rotatable bonds is 20. The summed E-state index contributed by atoms with van der Waals surface area (Å²) in [5, 5.41) is 11.8. The van der Waals surface area contributed by atoms with Gasteiger partial charge in [-0.3, -0.25) is 28.8 Å². The third-order valence-electron chi connectivity index (χ3n) is 13.6. The zero-order valence-corrected chi connectivity index (χ0v) is 44.5. The predicted molar refractivity (Wildman–Crippen MR) is 271 cm³/mol. The number of carbonyl (C=O) groups is 8. The Labute approximate surface area is 425 Å². The van der Waals surface area contributed by atoms with Gasteiger partial charge in [-0.2, -0.15) is 0 Å². The van der Waals surface area contributed by atoms with E-state index >= 15 is 0 Å². The lowest BCUT2D eigenvalue weighted by Gasteiger charge is -2.35. The van der Waals surface area contributed by atoms with Crippen molar-refractivity contribution in [2.45, 2.75) is 176 Å². The van der Waals surface area contributed by atoms with Crippen molar-refractivity contribution in [2.75, 3.05) is 7.11 Å². The fraction of sp³-hybridized carbons (Fsp3) is 0.600. The van der Waals surface area contributed by atoms with Crippen molar-refractivity contribution in [3.63, 3.8) is 0 Å². The second-order valence-corrected chi connectivity index (χ2v) is 22.0. The third kappa shape index (κ3) is 17.7. The van der Waals surface area contributed by atoms with Gasteiger partial charge in [0.05, 0.1) is 29.7 Å². The summed E-state index contributed by atoms with van der Waals surface area (Å²) in [6.45, 7) is 19.7. The molecule has 15 nitrogen and oxygen atoms in total. The Hall–Kier alpha value is -5.41. The van der Waals surface area contributed by atoms with Crippen LogP contribution in [0.5, 0.6) is 5.75 Å². The number of esters is 1. The van der Waals surface area contributed by atoms with Gasteiger partial charge in [-0.15, -0.1) is 0 Å². The van der Waals surface area contributed by atoms with Gasteiger partial charge in [0.25, 0.3) is 0 Å². The minimum atomic E-state index is -1.20. The molecule has 1 saturated heterocycles. The molecule has 0 radical (unpaired) electrons. The molecule has 9 atom stereocenters. The van der Waals surface area contributed by atoms with E-state index in [0.29, 0.717) is 35.6 Å². The second kappa shape index (κ2) is 25.8. The molecule has 2 aromatic carbocycles. The summed E-state index contributed by atoms with van der Waals surface area (Å²) >= 11 is 6.41. The number of halogens is 1. The van der Waals surface area contributed by atoms with Crippen LogP contribution in [0.25, 0.3) is 0 Å². The van der Waals surface area contributed by atoms with Gasteiger partial charge in [0.1, 0.15) is 41.6 Å². The standard InChI is InChI=1S/C55H77ClN4O11/c1-31(2)40(29-39(62)16-13-15-32(3)61)50(65)57-34(5)44(63)25-21-36-19-23-38(24-20-36)49-48(71-49)33(4)45-17-14-18-47(64)59-42(28-37-22-26-46(69-12)41(56)27-37)51(66)58-35(6)55(10,11)53(68)60-43(52(67)70-45)30-54(7,8)9/h14,18-20,22-24,26-27,31,33-35,40,42-43,45,48-49H,13,15-17,21,25,28-30H2,1-12H3,(H,57,65)(H,58,66)(H,59,64)(H,60,68)/b18-14+/t33-,34-,35-,40-,42+,43-,45-,48+,49+/m0/s1.